The minimum atomic E-state index is -1.05. The third-order valence-electron chi connectivity index (χ3n) is 2.12. The van der Waals surface area contributed by atoms with Gasteiger partial charge in [-0.2, -0.15) is 0 Å². The molecule has 0 amide bonds. The summed E-state index contributed by atoms with van der Waals surface area (Å²) >= 11 is 5.87. The smallest absolute Gasteiger partial charge is 0.334 e. The van der Waals surface area contributed by atoms with E-state index in [1.165, 1.54) is 0 Å². The number of carboxylic acids is 1. The quantitative estimate of drug-likeness (QED) is 0.823. The Morgan fingerprint density at radius 2 is 1.94 bits per heavy atom. The summed E-state index contributed by atoms with van der Waals surface area (Å²) in [4.78, 5) is 10.5. The van der Waals surface area contributed by atoms with Gasteiger partial charge in [0.2, 0.25) is 0 Å². The number of rotatable bonds is 4. The number of aliphatic carboxylic acids is 1. The van der Waals surface area contributed by atoms with Gasteiger partial charge in [0.15, 0.2) is 0 Å². The molecular formula is C12H13ClO3. The number of carbonyl (C=O) groups is 1. The molecule has 0 aliphatic heterocycles. The summed E-state index contributed by atoms with van der Waals surface area (Å²) in [5.41, 5.74) is 1.78. The Kier molecular flexibility index (Phi) is 3.96. The maximum Gasteiger partial charge on any atom is 0.334 e. The van der Waals surface area contributed by atoms with E-state index in [9.17, 15) is 4.79 Å². The average Bonchev–Trinajstić information content (AvgIpc) is 2.15. The van der Waals surface area contributed by atoms with Crippen molar-refractivity contribution in [2.24, 2.45) is 0 Å². The lowest BCUT2D eigenvalue weighted by molar-refractivity contribution is -0.133. The molecule has 0 spiro atoms. The van der Waals surface area contributed by atoms with Gasteiger partial charge in [0, 0.05) is 5.02 Å². The first-order valence-corrected chi connectivity index (χ1v) is 5.10. The van der Waals surface area contributed by atoms with Gasteiger partial charge in [-0.15, -0.1) is 0 Å². The van der Waals surface area contributed by atoms with E-state index < -0.39 is 5.97 Å². The summed E-state index contributed by atoms with van der Waals surface area (Å²) in [7, 11) is 0. The van der Waals surface area contributed by atoms with Gasteiger partial charge < -0.3 is 9.84 Å². The molecule has 0 fully saturated rings. The molecule has 0 aliphatic carbocycles. The molecule has 0 unspecified atom stereocenters. The van der Waals surface area contributed by atoms with Crippen molar-refractivity contribution in [2.75, 3.05) is 6.61 Å². The van der Waals surface area contributed by atoms with Gasteiger partial charge in [-0.3, -0.25) is 0 Å². The fourth-order valence-corrected chi connectivity index (χ4v) is 1.67. The Balaban J connectivity index is 2.82. The molecule has 0 aliphatic rings. The van der Waals surface area contributed by atoms with Crippen LogP contribution in [-0.2, 0) is 4.79 Å². The minimum Gasteiger partial charge on any atom is -0.488 e. The van der Waals surface area contributed by atoms with E-state index in [1.807, 2.05) is 13.8 Å². The maximum absolute atomic E-state index is 10.5. The molecule has 0 atom stereocenters. The number of benzene rings is 1. The molecule has 86 valence electrons. The molecule has 0 saturated heterocycles. The molecular weight excluding hydrogens is 228 g/mol. The largest absolute Gasteiger partial charge is 0.488 e. The van der Waals surface area contributed by atoms with Crippen molar-refractivity contribution in [3.05, 3.63) is 40.4 Å². The van der Waals surface area contributed by atoms with Crippen LogP contribution >= 0.6 is 11.6 Å². The standard InChI is InChI=1S/C12H13ClO3/c1-7-4-10(13)5-8(2)11(7)16-6-9(3)12(14)15/h4-5H,3,6H2,1-2H3,(H,14,15). The zero-order chi connectivity index (χ0) is 12.3. The summed E-state index contributed by atoms with van der Waals surface area (Å²) < 4.78 is 5.41. The van der Waals surface area contributed by atoms with Crippen LogP contribution in [0.2, 0.25) is 5.02 Å². The second-order valence-corrected chi connectivity index (χ2v) is 4.00. The van der Waals surface area contributed by atoms with Crippen LogP contribution in [0.4, 0.5) is 0 Å². The third-order valence-corrected chi connectivity index (χ3v) is 2.34. The molecule has 0 aromatic heterocycles. The van der Waals surface area contributed by atoms with Crippen LogP contribution in [0.15, 0.2) is 24.3 Å². The van der Waals surface area contributed by atoms with Gasteiger partial charge in [0.25, 0.3) is 0 Å². The highest BCUT2D eigenvalue weighted by Crippen LogP contribution is 2.27. The molecule has 1 aromatic carbocycles. The lowest BCUT2D eigenvalue weighted by atomic mass is 10.1. The molecule has 0 bridgehead atoms. The van der Waals surface area contributed by atoms with Gasteiger partial charge in [-0.25, -0.2) is 4.79 Å². The van der Waals surface area contributed by atoms with Crippen molar-refractivity contribution in [3.63, 3.8) is 0 Å². The molecule has 0 radical (unpaired) electrons. The van der Waals surface area contributed by atoms with Crippen molar-refractivity contribution in [1.29, 1.82) is 0 Å². The second kappa shape index (κ2) is 5.03. The van der Waals surface area contributed by atoms with E-state index in [4.69, 9.17) is 21.4 Å². The predicted molar refractivity (Wildman–Crippen MR) is 63.2 cm³/mol. The highest BCUT2D eigenvalue weighted by atomic mass is 35.5. The van der Waals surface area contributed by atoms with Crippen molar-refractivity contribution in [2.45, 2.75) is 13.8 Å². The lowest BCUT2D eigenvalue weighted by Gasteiger charge is -2.12. The third kappa shape index (κ3) is 3.00. The van der Waals surface area contributed by atoms with Gasteiger partial charge in [-0.05, 0) is 37.1 Å². The van der Waals surface area contributed by atoms with Crippen LogP contribution in [-0.4, -0.2) is 17.7 Å². The van der Waals surface area contributed by atoms with Crippen LogP contribution in [0.3, 0.4) is 0 Å². The van der Waals surface area contributed by atoms with Crippen LogP contribution in [0.5, 0.6) is 5.75 Å². The minimum absolute atomic E-state index is 0.0220. The molecule has 4 heteroatoms. The molecule has 1 aromatic rings. The van der Waals surface area contributed by atoms with Crippen LogP contribution in [0, 0.1) is 13.8 Å². The summed E-state index contributed by atoms with van der Waals surface area (Å²) in [6.45, 7) is 7.08. The fourth-order valence-electron chi connectivity index (χ4n) is 1.35. The zero-order valence-electron chi connectivity index (χ0n) is 9.21. The number of aryl methyl sites for hydroxylation is 2. The first-order valence-electron chi connectivity index (χ1n) is 4.72. The van der Waals surface area contributed by atoms with Gasteiger partial charge >= 0.3 is 5.97 Å². The zero-order valence-corrected chi connectivity index (χ0v) is 9.97. The number of carboxylic acid groups (broad SMARTS) is 1. The topological polar surface area (TPSA) is 46.5 Å². The van der Waals surface area contributed by atoms with Gasteiger partial charge in [0.1, 0.15) is 12.4 Å². The fraction of sp³-hybridized carbons (Fsp3) is 0.250. The van der Waals surface area contributed by atoms with E-state index in [2.05, 4.69) is 6.58 Å². The van der Waals surface area contributed by atoms with Crippen molar-refractivity contribution in [3.8, 4) is 5.75 Å². The van der Waals surface area contributed by atoms with Gasteiger partial charge in [-0.1, -0.05) is 18.2 Å². The molecule has 3 nitrogen and oxygen atoms in total. The predicted octanol–water partition coefficient (Wildman–Crippen LogP) is 2.98. The van der Waals surface area contributed by atoms with Crippen LogP contribution in [0.1, 0.15) is 11.1 Å². The first kappa shape index (κ1) is 12.6. The Morgan fingerprint density at radius 3 is 2.38 bits per heavy atom. The lowest BCUT2D eigenvalue weighted by Crippen LogP contribution is -2.10. The molecule has 1 rings (SSSR count). The Bertz CT molecular complexity index is 415. The Hall–Kier alpha value is -1.48. The first-order chi connectivity index (χ1) is 7.41. The maximum atomic E-state index is 10.5. The van der Waals surface area contributed by atoms with Crippen molar-refractivity contribution >= 4 is 17.6 Å². The average molecular weight is 241 g/mol. The van der Waals surface area contributed by atoms with E-state index >= 15 is 0 Å². The summed E-state index contributed by atoms with van der Waals surface area (Å²) in [5, 5.41) is 9.28. The second-order valence-electron chi connectivity index (χ2n) is 3.57. The summed E-state index contributed by atoms with van der Waals surface area (Å²) in [5.74, 6) is -0.393. The van der Waals surface area contributed by atoms with Gasteiger partial charge in [0.05, 0.1) is 5.57 Å². The monoisotopic (exact) mass is 240 g/mol. The molecule has 1 N–H and O–H groups in total. The SMILES string of the molecule is C=C(COc1c(C)cc(Cl)cc1C)C(=O)O. The number of ether oxygens (including phenoxy) is 1. The van der Waals surface area contributed by atoms with Crippen molar-refractivity contribution < 1.29 is 14.6 Å². The summed E-state index contributed by atoms with van der Waals surface area (Å²) in [6.07, 6.45) is 0. The van der Waals surface area contributed by atoms with Crippen molar-refractivity contribution in [1.82, 2.24) is 0 Å². The van der Waals surface area contributed by atoms with Crippen LogP contribution in [0.25, 0.3) is 0 Å². The normalized spacial score (nSPS) is 9.94. The van der Waals surface area contributed by atoms with E-state index in [0.717, 1.165) is 11.1 Å². The number of hydrogen-bond acceptors (Lipinski definition) is 2. The van der Waals surface area contributed by atoms with Crippen LogP contribution < -0.4 is 4.74 Å². The number of hydrogen-bond donors (Lipinski definition) is 1. The van der Waals surface area contributed by atoms with E-state index in [0.29, 0.717) is 10.8 Å². The van der Waals surface area contributed by atoms with E-state index in [1.54, 1.807) is 12.1 Å². The Labute approximate surface area is 99.3 Å². The van der Waals surface area contributed by atoms with E-state index in [-0.39, 0.29) is 12.2 Å². The number of halogens is 1. The summed E-state index contributed by atoms with van der Waals surface area (Å²) in [6, 6.07) is 3.54. The highest BCUT2D eigenvalue weighted by Gasteiger charge is 2.09. The molecule has 0 saturated carbocycles. The molecule has 16 heavy (non-hydrogen) atoms. The molecule has 0 heterocycles. The Morgan fingerprint density at radius 1 is 1.44 bits per heavy atom. The highest BCUT2D eigenvalue weighted by molar-refractivity contribution is 6.30.